The van der Waals surface area contributed by atoms with Crippen LogP contribution < -0.4 is 5.32 Å². The maximum atomic E-state index is 12.2. The fourth-order valence-electron chi connectivity index (χ4n) is 3.87. The Labute approximate surface area is 166 Å². The molecule has 0 unspecified atom stereocenters. The Morgan fingerprint density at radius 1 is 1.14 bits per heavy atom. The molecular weight excluding hydrogens is 360 g/mol. The zero-order valence-corrected chi connectivity index (χ0v) is 16.3. The molecule has 1 aromatic carbocycles. The summed E-state index contributed by atoms with van der Waals surface area (Å²) in [5.74, 6) is 0.674. The van der Waals surface area contributed by atoms with Crippen LogP contribution in [0.5, 0.6) is 0 Å². The first-order valence-corrected chi connectivity index (χ1v) is 10.2. The van der Waals surface area contributed by atoms with E-state index in [0.29, 0.717) is 12.1 Å². The van der Waals surface area contributed by atoms with E-state index in [0.717, 1.165) is 51.9 Å². The van der Waals surface area contributed by atoms with Gasteiger partial charge in [0.2, 0.25) is 5.91 Å². The largest absolute Gasteiger partial charge is 0.379 e. The summed E-state index contributed by atoms with van der Waals surface area (Å²) in [6.45, 7) is 7.80. The van der Waals surface area contributed by atoms with Crippen molar-refractivity contribution in [2.24, 2.45) is 5.92 Å². The summed E-state index contributed by atoms with van der Waals surface area (Å²) >= 11 is 0. The lowest BCUT2D eigenvalue weighted by atomic mass is 9.93. The second-order valence-electron chi connectivity index (χ2n) is 7.63. The molecule has 2 heterocycles. The van der Waals surface area contributed by atoms with E-state index in [-0.39, 0.29) is 11.6 Å². The summed E-state index contributed by atoms with van der Waals surface area (Å²) in [7, 11) is 0. The number of carbonyl (C=O) groups is 1. The Hall–Kier alpha value is -2.03. The number of rotatable bonds is 8. The second kappa shape index (κ2) is 10.5. The molecule has 0 saturated carbocycles. The number of nitro benzene ring substituents is 1. The van der Waals surface area contributed by atoms with E-state index < -0.39 is 4.92 Å². The molecule has 0 aliphatic carbocycles. The van der Waals surface area contributed by atoms with Gasteiger partial charge in [0, 0.05) is 43.9 Å². The predicted molar refractivity (Wildman–Crippen MR) is 107 cm³/mol. The standard InChI is InChI=1S/C20H30N4O4/c25-20(21-18-2-1-3-19(16-18)24(26)27)7-11-22-8-4-17(5-9-22)6-10-23-12-14-28-15-13-23/h1-3,16-17H,4-15H2,(H,21,25). The minimum absolute atomic E-state index is 0.0167. The summed E-state index contributed by atoms with van der Waals surface area (Å²) in [4.78, 5) is 27.3. The number of amides is 1. The Balaban J connectivity index is 1.32. The number of piperidine rings is 1. The molecule has 0 atom stereocenters. The van der Waals surface area contributed by atoms with E-state index in [2.05, 4.69) is 15.1 Å². The van der Waals surface area contributed by atoms with E-state index in [1.165, 1.54) is 37.9 Å². The minimum Gasteiger partial charge on any atom is -0.379 e. The monoisotopic (exact) mass is 390 g/mol. The van der Waals surface area contributed by atoms with Gasteiger partial charge in [-0.05, 0) is 50.9 Å². The van der Waals surface area contributed by atoms with Crippen LogP contribution in [-0.4, -0.2) is 73.1 Å². The molecule has 2 aliphatic rings. The summed E-state index contributed by atoms with van der Waals surface area (Å²) in [5, 5.41) is 13.6. The minimum atomic E-state index is -0.459. The van der Waals surface area contributed by atoms with Gasteiger partial charge in [0.15, 0.2) is 0 Å². The molecule has 2 fully saturated rings. The van der Waals surface area contributed by atoms with Gasteiger partial charge in [0.05, 0.1) is 18.1 Å². The average Bonchev–Trinajstić information content (AvgIpc) is 2.72. The highest BCUT2D eigenvalue weighted by Gasteiger charge is 2.21. The van der Waals surface area contributed by atoms with Crippen molar-refractivity contribution in [3.05, 3.63) is 34.4 Å². The van der Waals surface area contributed by atoms with E-state index in [4.69, 9.17) is 4.74 Å². The molecule has 0 bridgehead atoms. The van der Waals surface area contributed by atoms with Crippen molar-refractivity contribution in [3.8, 4) is 0 Å². The Morgan fingerprint density at radius 3 is 2.57 bits per heavy atom. The summed E-state index contributed by atoms with van der Waals surface area (Å²) in [6.07, 6.45) is 4.04. The lowest BCUT2D eigenvalue weighted by Gasteiger charge is -2.33. The zero-order chi connectivity index (χ0) is 19.8. The Kier molecular flexibility index (Phi) is 7.76. The third-order valence-corrected chi connectivity index (χ3v) is 5.66. The van der Waals surface area contributed by atoms with Crippen LogP contribution in [0.25, 0.3) is 0 Å². The van der Waals surface area contributed by atoms with Crippen LogP contribution in [0.3, 0.4) is 0 Å². The summed E-state index contributed by atoms with van der Waals surface area (Å²) in [6, 6.07) is 6.05. The topological polar surface area (TPSA) is 88.0 Å². The first-order chi connectivity index (χ1) is 13.6. The van der Waals surface area contributed by atoms with E-state index in [1.807, 2.05) is 0 Å². The molecule has 1 amide bonds. The number of benzene rings is 1. The summed E-state index contributed by atoms with van der Waals surface area (Å²) < 4.78 is 5.39. The molecule has 0 aromatic heterocycles. The molecule has 8 nitrogen and oxygen atoms in total. The highest BCUT2D eigenvalue weighted by molar-refractivity contribution is 5.91. The number of nitro groups is 1. The smallest absolute Gasteiger partial charge is 0.271 e. The van der Waals surface area contributed by atoms with Crippen LogP contribution in [-0.2, 0) is 9.53 Å². The van der Waals surface area contributed by atoms with E-state index in [9.17, 15) is 14.9 Å². The average molecular weight is 390 g/mol. The van der Waals surface area contributed by atoms with Gasteiger partial charge in [-0.25, -0.2) is 0 Å². The van der Waals surface area contributed by atoms with Crippen LogP contribution in [0.2, 0.25) is 0 Å². The fourth-order valence-corrected chi connectivity index (χ4v) is 3.87. The lowest BCUT2D eigenvalue weighted by Crippen LogP contribution is -2.39. The first-order valence-electron chi connectivity index (χ1n) is 10.2. The molecule has 154 valence electrons. The van der Waals surface area contributed by atoms with Crippen molar-refractivity contribution in [3.63, 3.8) is 0 Å². The number of nitrogens with zero attached hydrogens (tertiary/aromatic N) is 3. The number of likely N-dealkylation sites (tertiary alicyclic amines) is 1. The van der Waals surface area contributed by atoms with E-state index in [1.54, 1.807) is 12.1 Å². The molecular formula is C20H30N4O4. The van der Waals surface area contributed by atoms with Crippen LogP contribution in [0.4, 0.5) is 11.4 Å². The van der Waals surface area contributed by atoms with Crippen molar-refractivity contribution >= 4 is 17.3 Å². The number of anilines is 1. The fraction of sp³-hybridized carbons (Fsp3) is 0.650. The maximum absolute atomic E-state index is 12.2. The van der Waals surface area contributed by atoms with Crippen LogP contribution in [0.1, 0.15) is 25.7 Å². The molecule has 0 spiro atoms. The Morgan fingerprint density at radius 2 is 1.86 bits per heavy atom. The highest BCUT2D eigenvalue weighted by atomic mass is 16.6. The van der Waals surface area contributed by atoms with Gasteiger partial charge < -0.3 is 15.0 Å². The molecule has 0 radical (unpaired) electrons. The maximum Gasteiger partial charge on any atom is 0.271 e. The van der Waals surface area contributed by atoms with Crippen molar-refractivity contribution in [2.75, 3.05) is 57.8 Å². The van der Waals surface area contributed by atoms with E-state index >= 15 is 0 Å². The third kappa shape index (κ3) is 6.54. The van der Waals surface area contributed by atoms with Gasteiger partial charge in [-0.1, -0.05) is 6.07 Å². The molecule has 2 saturated heterocycles. The van der Waals surface area contributed by atoms with Gasteiger partial charge in [-0.2, -0.15) is 0 Å². The van der Waals surface area contributed by atoms with Gasteiger partial charge in [0.25, 0.3) is 5.69 Å². The van der Waals surface area contributed by atoms with Gasteiger partial charge >= 0.3 is 0 Å². The number of carbonyl (C=O) groups excluding carboxylic acids is 1. The molecule has 28 heavy (non-hydrogen) atoms. The van der Waals surface area contributed by atoms with Gasteiger partial charge in [0.1, 0.15) is 0 Å². The zero-order valence-electron chi connectivity index (χ0n) is 16.3. The SMILES string of the molecule is O=C(CCN1CCC(CCN2CCOCC2)CC1)Nc1cccc([N+](=O)[O-])c1. The van der Waals surface area contributed by atoms with Crippen LogP contribution >= 0.6 is 0 Å². The summed E-state index contributed by atoms with van der Waals surface area (Å²) in [5.41, 5.74) is 0.456. The number of non-ortho nitro benzene ring substituents is 1. The van der Waals surface area contributed by atoms with Gasteiger partial charge in [-0.15, -0.1) is 0 Å². The van der Waals surface area contributed by atoms with Crippen molar-refractivity contribution in [1.29, 1.82) is 0 Å². The van der Waals surface area contributed by atoms with Gasteiger partial charge in [-0.3, -0.25) is 19.8 Å². The highest BCUT2D eigenvalue weighted by Crippen LogP contribution is 2.21. The lowest BCUT2D eigenvalue weighted by molar-refractivity contribution is -0.384. The normalized spacial score (nSPS) is 19.4. The predicted octanol–water partition coefficient (Wildman–Crippen LogP) is 2.36. The van der Waals surface area contributed by atoms with Crippen molar-refractivity contribution in [2.45, 2.75) is 25.7 Å². The number of hydrogen-bond acceptors (Lipinski definition) is 6. The molecule has 2 aliphatic heterocycles. The number of nitrogens with one attached hydrogen (secondary N) is 1. The molecule has 1 N–H and O–H groups in total. The van der Waals surface area contributed by atoms with Crippen molar-refractivity contribution < 1.29 is 14.5 Å². The molecule has 1 aromatic rings. The second-order valence-corrected chi connectivity index (χ2v) is 7.63. The van der Waals surface area contributed by atoms with Crippen molar-refractivity contribution in [1.82, 2.24) is 9.80 Å². The number of hydrogen-bond donors (Lipinski definition) is 1. The van der Waals surface area contributed by atoms with Crippen LogP contribution in [0, 0.1) is 16.0 Å². The first kappa shape index (κ1) is 20.7. The third-order valence-electron chi connectivity index (χ3n) is 5.66. The molecule has 3 rings (SSSR count). The Bertz CT molecular complexity index is 655. The number of morpholine rings is 1. The van der Waals surface area contributed by atoms with Crippen LogP contribution in [0.15, 0.2) is 24.3 Å². The quantitative estimate of drug-likeness (QED) is 0.542. The number of ether oxygens (including phenoxy) is 1. The molecule has 8 heteroatoms.